The zero-order valence-corrected chi connectivity index (χ0v) is 12.1. The zero-order chi connectivity index (χ0) is 15.9. The van der Waals surface area contributed by atoms with E-state index in [2.05, 4.69) is 15.1 Å². The number of carbonyl (C=O) groups is 1. The van der Waals surface area contributed by atoms with Gasteiger partial charge in [0.1, 0.15) is 17.4 Å². The van der Waals surface area contributed by atoms with Crippen LogP contribution in [0.3, 0.4) is 0 Å². The van der Waals surface area contributed by atoms with Crippen molar-refractivity contribution < 1.29 is 14.6 Å². The molecule has 0 saturated carbocycles. The van der Waals surface area contributed by atoms with Crippen molar-refractivity contribution in [3.63, 3.8) is 0 Å². The minimum absolute atomic E-state index is 0. The number of methoxy groups -OCH3 is 1. The first-order valence-electron chi connectivity index (χ1n) is 6.08. The number of nitrogens with two attached hydrogens (primary N) is 1. The summed E-state index contributed by atoms with van der Waals surface area (Å²) in [6.07, 6.45) is 2.76. The van der Waals surface area contributed by atoms with Crippen molar-refractivity contribution in [3.05, 3.63) is 35.2 Å². The molecular weight excluding hydrogens is 333 g/mol. The number of pyridine rings is 1. The summed E-state index contributed by atoms with van der Waals surface area (Å²) in [4.78, 5) is 19.2. The van der Waals surface area contributed by atoms with E-state index in [1.54, 1.807) is 6.07 Å². The number of nitrogen functional groups attached to an aromatic ring is 1. The van der Waals surface area contributed by atoms with Crippen LogP contribution in [0.2, 0.25) is 5.02 Å². The van der Waals surface area contributed by atoms with Crippen LogP contribution in [-0.4, -0.2) is 67.3 Å². The van der Waals surface area contributed by atoms with Crippen LogP contribution >= 0.6 is 11.6 Å². The van der Waals surface area contributed by atoms with E-state index in [-0.39, 0.29) is 46.8 Å². The predicted octanol–water partition coefficient (Wildman–Crippen LogP) is 1.09. The molecule has 0 spiro atoms. The summed E-state index contributed by atoms with van der Waals surface area (Å²) in [6.45, 7) is 0. The van der Waals surface area contributed by atoms with Gasteiger partial charge in [0.15, 0.2) is 5.82 Å². The molecule has 0 saturated heterocycles. The summed E-state index contributed by atoms with van der Waals surface area (Å²) in [5.41, 5.74) is 7.24. The third-order valence-corrected chi connectivity index (χ3v) is 3.39. The average Bonchev–Trinajstić information content (AvgIpc) is 2.85. The molecule has 8 nitrogen and oxygen atoms in total. The van der Waals surface area contributed by atoms with Crippen LogP contribution in [0.25, 0.3) is 16.8 Å². The van der Waals surface area contributed by atoms with E-state index in [9.17, 15) is 9.90 Å². The van der Waals surface area contributed by atoms with Gasteiger partial charge in [-0.1, -0.05) is 11.6 Å². The van der Waals surface area contributed by atoms with Gasteiger partial charge in [-0.3, -0.25) is 0 Å². The quantitative estimate of drug-likeness (QED) is 0.684. The van der Waals surface area contributed by atoms with E-state index in [1.807, 2.05) is 0 Å². The van der Waals surface area contributed by atoms with Crippen molar-refractivity contribution in [2.75, 3.05) is 12.8 Å². The van der Waals surface area contributed by atoms with Gasteiger partial charge in [-0.15, -0.1) is 0 Å². The maximum absolute atomic E-state index is 11.3. The van der Waals surface area contributed by atoms with Crippen LogP contribution in [0.4, 0.5) is 5.82 Å². The number of carboxylic acid groups (broad SMARTS) is 1. The van der Waals surface area contributed by atoms with Crippen molar-refractivity contribution in [2.45, 2.75) is 0 Å². The maximum atomic E-state index is 11.3. The molecule has 3 rings (SSSR count). The number of hydrogen-bond acceptors (Lipinski definition) is 6. The first-order valence-corrected chi connectivity index (χ1v) is 6.46. The number of rotatable bonds is 3. The van der Waals surface area contributed by atoms with Gasteiger partial charge in [-0.2, -0.15) is 5.10 Å². The van der Waals surface area contributed by atoms with Crippen molar-refractivity contribution in [1.82, 2.24) is 19.6 Å². The van der Waals surface area contributed by atoms with Gasteiger partial charge >= 0.3 is 35.5 Å². The van der Waals surface area contributed by atoms with Crippen LogP contribution in [0, 0.1) is 0 Å². The standard InChI is InChI=1S/C13H10ClN5O3.Na.H/c1-22-12-7(13(20)21)2-6(4-16-12)9-3-8(14)10-11(15)17-5-18-19(9)10;;/h2-5H,1H3,(H,20,21)(H2,15,17,18);;. The number of halogens is 1. The van der Waals surface area contributed by atoms with E-state index < -0.39 is 5.97 Å². The normalized spacial score (nSPS) is 10.3. The summed E-state index contributed by atoms with van der Waals surface area (Å²) in [5.74, 6) is -0.893. The number of aromatic carboxylic acids is 1. The summed E-state index contributed by atoms with van der Waals surface area (Å²) in [6, 6.07) is 3.06. The number of fused-ring (bicyclic) bond motifs is 1. The molecule has 0 atom stereocenters. The Hall–Kier alpha value is -1.87. The monoisotopic (exact) mass is 343 g/mol. The van der Waals surface area contributed by atoms with Crippen molar-refractivity contribution in [2.24, 2.45) is 0 Å². The van der Waals surface area contributed by atoms with Crippen LogP contribution in [-0.2, 0) is 0 Å². The molecule has 3 aromatic rings. The Kier molecular flexibility index (Phi) is 5.10. The van der Waals surface area contributed by atoms with Gasteiger partial charge in [0, 0.05) is 11.8 Å². The van der Waals surface area contributed by atoms with Gasteiger partial charge in [0.05, 0.1) is 17.8 Å². The zero-order valence-electron chi connectivity index (χ0n) is 11.3. The van der Waals surface area contributed by atoms with Crippen molar-refractivity contribution in [1.29, 1.82) is 0 Å². The number of carboxylic acids is 1. The molecule has 0 aliphatic heterocycles. The molecule has 114 valence electrons. The molecule has 3 aromatic heterocycles. The molecule has 3 heterocycles. The SMILES string of the molecule is COc1ncc(-c2cc(Cl)c3c(N)ncnn23)cc1C(=O)O.[NaH]. The van der Waals surface area contributed by atoms with E-state index in [1.165, 1.54) is 30.2 Å². The Morgan fingerprint density at radius 2 is 2.13 bits per heavy atom. The number of hydrogen-bond donors (Lipinski definition) is 2. The molecule has 0 aromatic carbocycles. The molecule has 3 N–H and O–H groups in total. The number of aromatic nitrogens is 4. The van der Waals surface area contributed by atoms with Crippen LogP contribution < -0.4 is 10.5 Å². The summed E-state index contributed by atoms with van der Waals surface area (Å²) < 4.78 is 6.42. The summed E-state index contributed by atoms with van der Waals surface area (Å²) in [7, 11) is 1.35. The number of nitrogens with zero attached hydrogens (tertiary/aromatic N) is 4. The van der Waals surface area contributed by atoms with E-state index in [4.69, 9.17) is 22.1 Å². The summed E-state index contributed by atoms with van der Waals surface area (Å²) >= 11 is 6.15. The number of anilines is 1. The van der Waals surface area contributed by atoms with Gasteiger partial charge in [0.2, 0.25) is 5.88 Å². The first-order chi connectivity index (χ1) is 10.5. The Labute approximate surface area is 157 Å². The second-order valence-electron chi connectivity index (χ2n) is 4.37. The molecule has 0 aliphatic rings. The molecular formula is C13H11ClN5NaO3. The Bertz CT molecular complexity index is 899. The number of ether oxygens (including phenoxy) is 1. The molecule has 0 fully saturated rings. The van der Waals surface area contributed by atoms with E-state index in [0.717, 1.165) is 0 Å². The van der Waals surface area contributed by atoms with E-state index in [0.29, 0.717) is 21.8 Å². The third-order valence-electron chi connectivity index (χ3n) is 3.11. The fraction of sp³-hybridized carbons (Fsp3) is 0.0769. The first kappa shape index (κ1) is 17.5. The third kappa shape index (κ3) is 2.98. The fourth-order valence-electron chi connectivity index (χ4n) is 2.14. The van der Waals surface area contributed by atoms with Gasteiger partial charge < -0.3 is 15.6 Å². The molecule has 0 amide bonds. The summed E-state index contributed by atoms with van der Waals surface area (Å²) in [5, 5.41) is 13.7. The molecule has 0 radical (unpaired) electrons. The molecule has 0 unspecified atom stereocenters. The van der Waals surface area contributed by atoms with E-state index >= 15 is 0 Å². The topological polar surface area (TPSA) is 116 Å². The second-order valence-corrected chi connectivity index (χ2v) is 4.78. The van der Waals surface area contributed by atoms with Crippen LogP contribution in [0.15, 0.2) is 24.7 Å². The Balaban J connectivity index is 0.00000192. The minimum atomic E-state index is -1.15. The average molecular weight is 344 g/mol. The van der Waals surface area contributed by atoms with Gasteiger partial charge in [-0.05, 0) is 12.1 Å². The fourth-order valence-corrected chi connectivity index (χ4v) is 2.42. The second kappa shape index (κ2) is 6.71. The molecule has 0 aliphatic carbocycles. The van der Waals surface area contributed by atoms with Crippen molar-refractivity contribution in [3.8, 4) is 17.1 Å². The molecule has 23 heavy (non-hydrogen) atoms. The predicted molar refractivity (Wildman–Crippen MR) is 86.3 cm³/mol. The molecule has 0 bridgehead atoms. The van der Waals surface area contributed by atoms with Gasteiger partial charge in [0.25, 0.3) is 0 Å². The Morgan fingerprint density at radius 3 is 2.78 bits per heavy atom. The Morgan fingerprint density at radius 1 is 1.39 bits per heavy atom. The van der Waals surface area contributed by atoms with Crippen LogP contribution in [0.1, 0.15) is 10.4 Å². The molecule has 10 heteroatoms. The van der Waals surface area contributed by atoms with Crippen LogP contribution in [0.5, 0.6) is 5.88 Å². The van der Waals surface area contributed by atoms with Crippen molar-refractivity contribution >= 4 is 58.5 Å². The van der Waals surface area contributed by atoms with Gasteiger partial charge in [-0.25, -0.2) is 19.3 Å².